The van der Waals surface area contributed by atoms with Crippen molar-refractivity contribution in [2.24, 2.45) is 0 Å². The number of rotatable bonds is 13. The monoisotopic (exact) mass is 830 g/mol. The summed E-state index contributed by atoms with van der Waals surface area (Å²) in [7, 11) is 0. The van der Waals surface area contributed by atoms with Gasteiger partial charge in [0.1, 0.15) is 0 Å². The van der Waals surface area contributed by atoms with E-state index in [4.69, 9.17) is 0 Å². The molecule has 0 rings (SSSR count). The number of alkyl halides is 29. The first-order chi connectivity index (χ1) is 21.0. The summed E-state index contributed by atoms with van der Waals surface area (Å²) in [4.78, 5) is 10.1. The fourth-order valence-electron chi connectivity index (χ4n) is 2.19. The molecule has 0 spiro atoms. The van der Waals surface area contributed by atoms with E-state index in [1.54, 1.807) is 0 Å². The molecule has 0 aromatic carbocycles. The van der Waals surface area contributed by atoms with Crippen LogP contribution in [0.2, 0.25) is 0 Å². The van der Waals surface area contributed by atoms with E-state index in [0.717, 1.165) is 18.9 Å². The van der Waals surface area contributed by atoms with Crippen LogP contribution in [0.1, 0.15) is 0 Å². The van der Waals surface area contributed by atoms with Crippen molar-refractivity contribution in [3.8, 4) is 0 Å². The number of halogens is 30. The SMILES string of the molecule is O=C(F)[C@@](F)(OC(F)(F)[C@](F)(OC(F)(F)[C@@](F)(OC(F)(F)[C@@](F)(OC(F)(F)C(F)(F)C(F)(F)F)C(F)(F)F)C(F)(F)F)C(F)(F)F)C(F)(F)F. The van der Waals surface area contributed by atoms with Crippen LogP contribution in [0.25, 0.3) is 0 Å². The Morgan fingerprint density at radius 3 is 0.700 bits per heavy atom. The first-order valence-corrected chi connectivity index (χ1v) is 10.0. The molecule has 300 valence electrons. The van der Waals surface area contributed by atoms with Crippen molar-refractivity contribution in [1.82, 2.24) is 0 Å². The van der Waals surface area contributed by atoms with Crippen LogP contribution in [-0.2, 0) is 23.7 Å². The highest BCUT2D eigenvalue weighted by molar-refractivity contribution is 5.77. The molecule has 0 radical (unpaired) electrons. The van der Waals surface area contributed by atoms with Crippen LogP contribution >= 0.6 is 0 Å². The molecule has 0 aliphatic rings. The van der Waals surface area contributed by atoms with Crippen LogP contribution < -0.4 is 0 Å². The van der Waals surface area contributed by atoms with Crippen molar-refractivity contribution < 1.29 is 155 Å². The van der Waals surface area contributed by atoms with E-state index in [2.05, 4.69) is 0 Å². The van der Waals surface area contributed by atoms with E-state index in [-0.39, 0.29) is 0 Å². The predicted octanol–water partition coefficient (Wildman–Crippen LogP) is 9.03. The third-order valence-electron chi connectivity index (χ3n) is 4.63. The lowest BCUT2D eigenvalue weighted by Crippen LogP contribution is -2.72. The summed E-state index contributed by atoms with van der Waals surface area (Å²) in [6, 6.07) is -5.18. The van der Waals surface area contributed by atoms with Crippen molar-refractivity contribution in [2.75, 3.05) is 0 Å². The number of carbonyl (C=O) groups is 1. The number of ether oxygens (including phenoxy) is 4. The Kier molecular flexibility index (Phi) is 11.6. The predicted molar refractivity (Wildman–Crippen MR) is 80.8 cm³/mol. The van der Waals surface area contributed by atoms with Crippen LogP contribution in [0.4, 0.5) is 132 Å². The van der Waals surface area contributed by atoms with Crippen molar-refractivity contribution in [3.63, 3.8) is 0 Å². The van der Waals surface area contributed by atoms with Crippen molar-refractivity contribution >= 4 is 6.04 Å². The molecule has 0 saturated carbocycles. The van der Waals surface area contributed by atoms with Gasteiger partial charge in [-0.2, -0.15) is 132 Å². The number of hydrogen-bond donors (Lipinski definition) is 0. The molecule has 0 saturated heterocycles. The van der Waals surface area contributed by atoms with E-state index in [1.165, 1.54) is 0 Å². The minimum absolute atomic E-state index is 0.788. The molecule has 35 heteroatoms. The van der Waals surface area contributed by atoms with Crippen LogP contribution in [0.15, 0.2) is 0 Å². The average molecular weight is 830 g/mol. The van der Waals surface area contributed by atoms with Gasteiger partial charge in [0.25, 0.3) is 0 Å². The molecular formula is C15F30O5. The van der Waals surface area contributed by atoms with Crippen molar-refractivity contribution in [2.45, 2.75) is 84.7 Å². The first kappa shape index (κ1) is 47.4. The summed E-state index contributed by atoms with van der Waals surface area (Å²) in [5.74, 6) is -43.6. The smallest absolute Gasteiger partial charge is 0.263 e. The van der Waals surface area contributed by atoms with Gasteiger partial charge < -0.3 is 0 Å². The molecule has 50 heavy (non-hydrogen) atoms. The van der Waals surface area contributed by atoms with Crippen LogP contribution in [0.5, 0.6) is 0 Å². The van der Waals surface area contributed by atoms with Crippen molar-refractivity contribution in [1.29, 1.82) is 0 Å². The van der Waals surface area contributed by atoms with Gasteiger partial charge in [-0.1, -0.05) is 0 Å². The summed E-state index contributed by atoms with van der Waals surface area (Å²) in [6.45, 7) is 0. The fraction of sp³-hybridized carbons (Fsp3) is 0.933. The van der Waals surface area contributed by atoms with E-state index < -0.39 is 90.7 Å². The van der Waals surface area contributed by atoms with Gasteiger partial charge in [-0.15, -0.1) is 0 Å². The molecule has 0 aliphatic carbocycles. The molecule has 0 N–H and O–H groups in total. The van der Waals surface area contributed by atoms with Gasteiger partial charge in [0.15, 0.2) is 0 Å². The minimum atomic E-state index is -9.29. The Bertz CT molecular complexity index is 1230. The van der Waals surface area contributed by atoms with Crippen LogP contribution in [0.3, 0.4) is 0 Å². The Labute approximate surface area is 247 Å². The summed E-state index contributed by atoms with van der Waals surface area (Å²) < 4.78 is 397. The highest BCUT2D eigenvalue weighted by Crippen LogP contribution is 2.61. The number of hydrogen-bond acceptors (Lipinski definition) is 5. The molecule has 0 amide bonds. The summed E-state index contributed by atoms with van der Waals surface area (Å²) in [5, 5.41) is 0. The fourth-order valence-corrected chi connectivity index (χ4v) is 2.19. The Balaban J connectivity index is 7.69. The first-order valence-electron chi connectivity index (χ1n) is 10.0. The second-order valence-electron chi connectivity index (χ2n) is 8.19. The molecule has 5 nitrogen and oxygen atoms in total. The van der Waals surface area contributed by atoms with Gasteiger partial charge in [0.05, 0.1) is 0 Å². The Morgan fingerprint density at radius 2 is 0.520 bits per heavy atom. The van der Waals surface area contributed by atoms with Crippen molar-refractivity contribution in [3.05, 3.63) is 0 Å². The van der Waals surface area contributed by atoms with E-state index in [0.29, 0.717) is 0 Å². The summed E-state index contributed by atoms with van der Waals surface area (Å²) >= 11 is 0. The maximum atomic E-state index is 14.3. The van der Waals surface area contributed by atoms with Crippen LogP contribution in [0, 0.1) is 0 Å². The zero-order valence-electron chi connectivity index (χ0n) is 20.9. The maximum absolute atomic E-state index is 14.3. The molecule has 0 heterocycles. The molecule has 4 atom stereocenters. The molecule has 0 fully saturated rings. The second-order valence-corrected chi connectivity index (χ2v) is 8.19. The molecule has 0 aliphatic heterocycles. The van der Waals surface area contributed by atoms with E-state index in [1.807, 2.05) is 0 Å². The van der Waals surface area contributed by atoms with E-state index >= 15 is 0 Å². The van der Waals surface area contributed by atoms with Gasteiger partial charge >= 0.3 is 90.7 Å². The second kappa shape index (κ2) is 12.2. The third kappa shape index (κ3) is 7.62. The Morgan fingerprint density at radius 1 is 0.300 bits per heavy atom. The average Bonchev–Trinajstić information content (AvgIpc) is 2.78. The maximum Gasteiger partial charge on any atom is 0.462 e. The lowest BCUT2D eigenvalue weighted by atomic mass is 10.2. The number of carbonyl (C=O) groups excluding carboxylic acids is 1. The van der Waals surface area contributed by atoms with E-state index in [9.17, 15) is 137 Å². The van der Waals surface area contributed by atoms with Gasteiger partial charge in [-0.25, -0.2) is 0 Å². The highest BCUT2D eigenvalue weighted by atomic mass is 19.4. The minimum Gasteiger partial charge on any atom is -0.263 e. The van der Waals surface area contributed by atoms with Gasteiger partial charge in [0, 0.05) is 0 Å². The van der Waals surface area contributed by atoms with Gasteiger partial charge in [-0.3, -0.25) is 23.7 Å². The Hall–Kier alpha value is -2.59. The summed E-state index contributed by atoms with van der Waals surface area (Å²) in [6.07, 6.45) is -78.1. The van der Waals surface area contributed by atoms with Gasteiger partial charge in [-0.05, 0) is 0 Å². The molecular weight excluding hydrogens is 830 g/mol. The zero-order chi connectivity index (χ0) is 41.4. The quantitative estimate of drug-likeness (QED) is 0.137. The highest BCUT2D eigenvalue weighted by Gasteiger charge is 2.90. The standard InChI is InChI=1S/C15F30O5/c16-1(46)2(17,7(23,24)25)47-13(40,41)4(20,9(29,30)31)49-15(44,45)6(22,11(35,36)37)50-14(42,43)5(21,10(32,33)34)48-12(38,39)3(18,19)8(26,27)28/t2-,4-,5+,6+/m1/s1. The third-order valence-corrected chi connectivity index (χ3v) is 4.63. The largest absolute Gasteiger partial charge is 0.462 e. The van der Waals surface area contributed by atoms with Crippen LogP contribution in [-0.4, -0.2) is 90.7 Å². The normalized spacial score (nSPS) is 20.4. The topological polar surface area (TPSA) is 54.0 Å². The molecule has 0 aromatic heterocycles. The lowest BCUT2D eigenvalue weighted by molar-refractivity contribution is -0.592. The molecule has 0 unspecified atom stereocenters. The zero-order valence-corrected chi connectivity index (χ0v) is 20.9. The molecule has 0 bridgehead atoms. The molecule has 0 aromatic rings. The summed E-state index contributed by atoms with van der Waals surface area (Å²) in [5.41, 5.74) is 0. The lowest BCUT2D eigenvalue weighted by Gasteiger charge is -2.43. The van der Waals surface area contributed by atoms with Gasteiger partial charge in [0.2, 0.25) is 0 Å².